The first-order valence-electron chi connectivity index (χ1n) is 9.19. The lowest BCUT2D eigenvalue weighted by Crippen LogP contribution is -2.39. The highest BCUT2D eigenvalue weighted by Crippen LogP contribution is 2.27. The zero-order chi connectivity index (χ0) is 19.6. The van der Waals surface area contributed by atoms with E-state index in [0.717, 1.165) is 43.7 Å². The van der Waals surface area contributed by atoms with E-state index < -0.39 is 5.60 Å². The Hall–Kier alpha value is -1.29. The molecule has 1 unspecified atom stereocenters. The summed E-state index contributed by atoms with van der Waals surface area (Å²) in [5, 5.41) is 17.2. The maximum absolute atomic E-state index is 11.1. The molecule has 1 aromatic rings. The molecular weight excluding hydrogens is 461 g/mol. The first-order chi connectivity index (χ1) is 12.3. The Morgan fingerprint density at radius 1 is 1.30 bits per heavy atom. The van der Waals surface area contributed by atoms with Gasteiger partial charge in [0.05, 0.1) is 13.7 Å². The van der Waals surface area contributed by atoms with Crippen LogP contribution in [0.3, 0.4) is 0 Å². The van der Waals surface area contributed by atoms with Gasteiger partial charge in [0, 0.05) is 25.1 Å². The highest BCUT2D eigenvalue weighted by molar-refractivity contribution is 14.0. The minimum atomic E-state index is -1.09. The number of aliphatic imine (C=N–C) groups is 1. The molecule has 1 atom stereocenters. The molecule has 8 heteroatoms. The van der Waals surface area contributed by atoms with E-state index in [4.69, 9.17) is 4.42 Å². The number of esters is 1. The summed E-state index contributed by atoms with van der Waals surface area (Å²) in [6.45, 7) is 9.16. The highest BCUT2D eigenvalue weighted by Gasteiger charge is 2.27. The van der Waals surface area contributed by atoms with E-state index in [0.29, 0.717) is 18.1 Å². The van der Waals surface area contributed by atoms with Gasteiger partial charge in [0.15, 0.2) is 5.96 Å². The van der Waals surface area contributed by atoms with Crippen LogP contribution in [0.4, 0.5) is 0 Å². The number of carbonyl (C=O) groups is 1. The Morgan fingerprint density at radius 3 is 2.56 bits per heavy atom. The molecule has 1 aromatic heterocycles. The SMILES string of the molecule is CCNC(=NCC(C)(O)c1cc(C)oc1C)NCCCCCC(=O)OC.I. The number of aryl methyl sites for hydroxylation is 2. The number of guanidine groups is 1. The van der Waals surface area contributed by atoms with E-state index >= 15 is 0 Å². The van der Waals surface area contributed by atoms with Gasteiger partial charge in [-0.15, -0.1) is 24.0 Å². The highest BCUT2D eigenvalue weighted by atomic mass is 127. The van der Waals surface area contributed by atoms with Crippen molar-refractivity contribution in [2.75, 3.05) is 26.7 Å². The van der Waals surface area contributed by atoms with E-state index in [9.17, 15) is 9.90 Å². The largest absolute Gasteiger partial charge is 0.469 e. The molecule has 0 bridgehead atoms. The van der Waals surface area contributed by atoms with Crippen molar-refractivity contribution in [1.82, 2.24) is 10.6 Å². The second kappa shape index (κ2) is 13.0. The van der Waals surface area contributed by atoms with Crippen molar-refractivity contribution >= 4 is 35.9 Å². The number of methoxy groups -OCH3 is 1. The molecule has 1 heterocycles. The van der Waals surface area contributed by atoms with Crippen molar-refractivity contribution in [3.63, 3.8) is 0 Å². The molecule has 156 valence electrons. The molecule has 0 aliphatic carbocycles. The number of ether oxygens (including phenoxy) is 1. The molecule has 27 heavy (non-hydrogen) atoms. The second-order valence-electron chi connectivity index (χ2n) is 6.61. The number of aliphatic hydroxyl groups is 1. The molecule has 0 saturated carbocycles. The topological polar surface area (TPSA) is 96.1 Å². The van der Waals surface area contributed by atoms with Crippen LogP contribution in [0.5, 0.6) is 0 Å². The zero-order valence-electron chi connectivity index (χ0n) is 17.1. The third kappa shape index (κ3) is 9.46. The molecule has 0 aromatic carbocycles. The summed E-state index contributed by atoms with van der Waals surface area (Å²) < 4.78 is 10.1. The second-order valence-corrected chi connectivity index (χ2v) is 6.61. The number of hydrogen-bond acceptors (Lipinski definition) is 5. The minimum absolute atomic E-state index is 0. The Labute approximate surface area is 179 Å². The lowest BCUT2D eigenvalue weighted by atomic mass is 9.96. The summed E-state index contributed by atoms with van der Waals surface area (Å²) in [5.74, 6) is 1.99. The van der Waals surface area contributed by atoms with E-state index in [1.54, 1.807) is 6.92 Å². The van der Waals surface area contributed by atoms with E-state index in [2.05, 4.69) is 20.4 Å². The Bertz CT molecular complexity index is 600. The van der Waals surface area contributed by atoms with Crippen molar-refractivity contribution in [2.24, 2.45) is 4.99 Å². The van der Waals surface area contributed by atoms with Crippen LogP contribution >= 0.6 is 24.0 Å². The Morgan fingerprint density at radius 2 is 2.00 bits per heavy atom. The van der Waals surface area contributed by atoms with E-state index in [1.165, 1.54) is 7.11 Å². The van der Waals surface area contributed by atoms with Crippen LogP contribution in [0.2, 0.25) is 0 Å². The summed E-state index contributed by atoms with van der Waals surface area (Å²) in [6, 6.07) is 1.85. The third-order valence-electron chi connectivity index (χ3n) is 4.09. The minimum Gasteiger partial charge on any atom is -0.469 e. The molecule has 0 amide bonds. The van der Waals surface area contributed by atoms with Gasteiger partial charge in [-0.25, -0.2) is 4.99 Å². The Balaban J connectivity index is 0.00000676. The molecule has 1 rings (SSSR count). The van der Waals surface area contributed by atoms with Crippen molar-refractivity contribution in [1.29, 1.82) is 0 Å². The summed E-state index contributed by atoms with van der Waals surface area (Å²) in [5.41, 5.74) is -0.331. The molecule has 3 N–H and O–H groups in total. The predicted molar refractivity (Wildman–Crippen MR) is 118 cm³/mol. The van der Waals surface area contributed by atoms with Crippen molar-refractivity contribution in [3.8, 4) is 0 Å². The fraction of sp³-hybridized carbons (Fsp3) is 0.684. The molecule has 0 radical (unpaired) electrons. The lowest BCUT2D eigenvalue weighted by molar-refractivity contribution is -0.140. The summed E-state index contributed by atoms with van der Waals surface area (Å²) >= 11 is 0. The lowest BCUT2D eigenvalue weighted by Gasteiger charge is -2.21. The first kappa shape index (κ1) is 25.7. The number of halogens is 1. The summed E-state index contributed by atoms with van der Waals surface area (Å²) in [6.07, 6.45) is 3.14. The number of nitrogens with zero attached hydrogens (tertiary/aromatic N) is 1. The van der Waals surface area contributed by atoms with Gasteiger partial charge in [-0.3, -0.25) is 4.79 Å². The third-order valence-corrected chi connectivity index (χ3v) is 4.09. The number of hydrogen-bond donors (Lipinski definition) is 3. The number of unbranched alkanes of at least 4 members (excludes halogenated alkanes) is 2. The van der Waals surface area contributed by atoms with Gasteiger partial charge in [-0.1, -0.05) is 6.42 Å². The van der Waals surface area contributed by atoms with Gasteiger partial charge in [0.1, 0.15) is 17.1 Å². The maximum Gasteiger partial charge on any atom is 0.305 e. The fourth-order valence-electron chi connectivity index (χ4n) is 2.71. The number of nitrogens with one attached hydrogen (secondary N) is 2. The molecule has 7 nitrogen and oxygen atoms in total. The van der Waals surface area contributed by atoms with E-state index in [1.807, 2.05) is 26.8 Å². The quantitative estimate of drug-likeness (QED) is 0.152. The summed E-state index contributed by atoms with van der Waals surface area (Å²) in [4.78, 5) is 15.6. The fourth-order valence-corrected chi connectivity index (χ4v) is 2.71. The molecule has 0 aliphatic heterocycles. The van der Waals surface area contributed by atoms with Gasteiger partial charge >= 0.3 is 5.97 Å². The number of furan rings is 1. The Kier molecular flexibility index (Phi) is 12.4. The average molecular weight is 495 g/mol. The van der Waals surface area contributed by atoms with Gasteiger partial charge in [-0.2, -0.15) is 0 Å². The van der Waals surface area contributed by atoms with Crippen LogP contribution in [0.15, 0.2) is 15.5 Å². The van der Waals surface area contributed by atoms with Gasteiger partial charge < -0.3 is 24.9 Å². The van der Waals surface area contributed by atoms with Crippen LogP contribution < -0.4 is 10.6 Å². The molecule has 0 fully saturated rings. The monoisotopic (exact) mass is 495 g/mol. The van der Waals surface area contributed by atoms with E-state index in [-0.39, 0.29) is 36.5 Å². The predicted octanol–water partition coefficient (Wildman–Crippen LogP) is 3.01. The standard InChI is InChI=1S/C19H33N3O4.HI/c1-6-20-18(21-11-9-7-8-10-17(23)25-5)22-13-19(4,24)16-12-14(2)26-15(16)3;/h12,24H,6-11,13H2,1-5H3,(H2,20,21,22);1H. The summed E-state index contributed by atoms with van der Waals surface area (Å²) in [7, 11) is 1.41. The number of carbonyl (C=O) groups excluding carboxylic acids is 1. The van der Waals surface area contributed by atoms with Crippen molar-refractivity contribution in [2.45, 2.75) is 59.0 Å². The zero-order valence-corrected chi connectivity index (χ0v) is 19.4. The maximum atomic E-state index is 11.1. The van der Waals surface area contributed by atoms with Crippen LogP contribution in [0.25, 0.3) is 0 Å². The molecular formula is C19H34IN3O4. The average Bonchev–Trinajstić information content (AvgIpc) is 2.94. The van der Waals surface area contributed by atoms with Crippen LogP contribution in [0.1, 0.15) is 56.6 Å². The number of rotatable bonds is 10. The van der Waals surface area contributed by atoms with Crippen LogP contribution in [-0.2, 0) is 15.1 Å². The first-order valence-corrected chi connectivity index (χ1v) is 9.19. The normalized spacial score (nSPS) is 13.5. The van der Waals surface area contributed by atoms with Crippen molar-refractivity contribution in [3.05, 3.63) is 23.2 Å². The van der Waals surface area contributed by atoms with Crippen LogP contribution in [0, 0.1) is 13.8 Å². The van der Waals surface area contributed by atoms with Gasteiger partial charge in [0.2, 0.25) is 0 Å². The molecule has 0 saturated heterocycles. The molecule has 0 spiro atoms. The smallest absolute Gasteiger partial charge is 0.305 e. The molecule has 0 aliphatic rings. The van der Waals surface area contributed by atoms with Crippen molar-refractivity contribution < 1.29 is 19.1 Å². The van der Waals surface area contributed by atoms with Gasteiger partial charge in [0.25, 0.3) is 0 Å². The van der Waals surface area contributed by atoms with Gasteiger partial charge in [-0.05, 0) is 46.6 Å². The van der Waals surface area contributed by atoms with Crippen LogP contribution in [-0.4, -0.2) is 43.8 Å².